The molecular formula is C30H34FN3O4S. The normalized spacial score (nSPS) is 38.6. The summed E-state index contributed by atoms with van der Waals surface area (Å²) in [5, 5.41) is 16.1. The highest BCUT2D eigenvalue weighted by Crippen LogP contribution is 2.68. The fourth-order valence-corrected chi connectivity index (χ4v) is 9.42. The first-order valence-electron chi connectivity index (χ1n) is 14.1. The van der Waals surface area contributed by atoms with Gasteiger partial charge in [0.25, 0.3) is 0 Å². The van der Waals surface area contributed by atoms with Crippen LogP contribution in [0.2, 0.25) is 0 Å². The van der Waals surface area contributed by atoms with Gasteiger partial charge >= 0.3 is 5.97 Å². The maximum Gasteiger partial charge on any atom is 0.309 e. The topological polar surface area (TPSA) is 94.3 Å². The van der Waals surface area contributed by atoms with Crippen molar-refractivity contribution in [3.8, 4) is 5.69 Å². The summed E-state index contributed by atoms with van der Waals surface area (Å²) < 4.78 is 21.3. The molecule has 0 spiro atoms. The molecule has 1 N–H and O–H groups in total. The van der Waals surface area contributed by atoms with E-state index >= 15 is 0 Å². The molecule has 7 atom stereocenters. The number of pyridine rings is 1. The summed E-state index contributed by atoms with van der Waals surface area (Å²) in [7, 11) is 0. The number of carbonyl (C=O) groups is 2. The van der Waals surface area contributed by atoms with Crippen LogP contribution in [-0.4, -0.2) is 42.7 Å². The molecule has 4 saturated carbocycles. The Morgan fingerprint density at radius 2 is 1.97 bits per heavy atom. The number of nitrogens with zero attached hydrogens (tertiary/aromatic N) is 3. The smallest absolute Gasteiger partial charge is 0.309 e. The molecule has 0 aliphatic heterocycles. The molecule has 206 valence electrons. The van der Waals surface area contributed by atoms with Gasteiger partial charge in [0.15, 0.2) is 5.60 Å². The highest BCUT2D eigenvalue weighted by molar-refractivity contribution is 7.96. The van der Waals surface area contributed by atoms with Crippen LogP contribution in [0.4, 0.5) is 4.39 Å². The molecule has 7 nitrogen and oxygen atoms in total. The Morgan fingerprint density at radius 3 is 2.67 bits per heavy atom. The number of aliphatic hydroxyl groups excluding tert-OH is 1. The third kappa shape index (κ3) is 3.51. The number of rotatable bonds is 4. The van der Waals surface area contributed by atoms with Crippen molar-refractivity contribution in [2.24, 2.45) is 34.5 Å². The van der Waals surface area contributed by atoms with Crippen LogP contribution < -0.4 is 0 Å². The Kier molecular flexibility index (Phi) is 5.54. The minimum atomic E-state index is -1.28. The molecule has 5 aliphatic carbocycles. The molecule has 9 heteroatoms. The van der Waals surface area contributed by atoms with Crippen LogP contribution in [-0.2, 0) is 20.7 Å². The number of esters is 1. The van der Waals surface area contributed by atoms with Crippen molar-refractivity contribution in [2.45, 2.75) is 76.9 Å². The van der Waals surface area contributed by atoms with Crippen molar-refractivity contribution in [2.75, 3.05) is 0 Å². The first-order valence-corrected chi connectivity index (χ1v) is 14.6. The number of ether oxygens (including phenoxy) is 1. The summed E-state index contributed by atoms with van der Waals surface area (Å²) >= 11 is 4.28. The maximum atomic E-state index is 13.4. The van der Waals surface area contributed by atoms with Crippen LogP contribution in [0, 0.1) is 40.4 Å². The molecule has 2 heterocycles. The van der Waals surface area contributed by atoms with E-state index in [0.717, 1.165) is 49.8 Å². The number of hydrogen-bond acceptors (Lipinski definition) is 6. The molecule has 0 aromatic carbocycles. The number of fused-ring (bicyclic) bond motifs is 6. The van der Waals surface area contributed by atoms with Crippen molar-refractivity contribution in [3.05, 3.63) is 47.3 Å². The molecule has 2 unspecified atom stereocenters. The second kappa shape index (κ2) is 8.49. The summed E-state index contributed by atoms with van der Waals surface area (Å²) in [5.74, 6) is -0.549. The molecule has 5 aliphatic rings. The molecule has 2 aromatic heterocycles. The molecule has 7 rings (SSSR count). The largest absolute Gasteiger partial charge is 0.449 e. The van der Waals surface area contributed by atoms with Crippen molar-refractivity contribution in [1.82, 2.24) is 14.8 Å². The fraction of sp³-hybridized carbons (Fsp3) is 0.600. The zero-order valence-electron chi connectivity index (χ0n) is 22.3. The van der Waals surface area contributed by atoms with Crippen molar-refractivity contribution >= 4 is 29.8 Å². The van der Waals surface area contributed by atoms with E-state index in [4.69, 9.17) is 4.74 Å². The number of thiol groups is 1. The summed E-state index contributed by atoms with van der Waals surface area (Å²) in [6, 6.07) is 3.01. The third-order valence-electron chi connectivity index (χ3n) is 11.0. The molecule has 0 saturated heterocycles. The van der Waals surface area contributed by atoms with Crippen LogP contribution in [0.15, 0.2) is 30.1 Å². The third-order valence-corrected chi connectivity index (χ3v) is 11.4. The van der Waals surface area contributed by atoms with Crippen LogP contribution in [0.1, 0.15) is 70.1 Å². The number of aromatic nitrogens is 3. The Bertz CT molecular complexity index is 1400. The summed E-state index contributed by atoms with van der Waals surface area (Å²) in [6.45, 7) is 4.31. The average Bonchev–Trinajstić information content (AvgIpc) is 3.60. The predicted octanol–water partition coefficient (Wildman–Crippen LogP) is 4.71. The number of allylic oxidation sites excluding steroid dienone is 1. The molecule has 4 fully saturated rings. The van der Waals surface area contributed by atoms with Crippen molar-refractivity contribution in [1.29, 1.82) is 0 Å². The lowest BCUT2D eigenvalue weighted by atomic mass is 9.45. The number of halogens is 1. The molecule has 39 heavy (non-hydrogen) atoms. The SMILES string of the molecule is C[C@]12Cc3cnn(-c4ccc(F)nc4)c3C=C1CC[C@@H]1C2[C@@H](O)C[C@@]2(C)C1CC[C@]2(OC(=O)C1CC1)C(=O)S. The van der Waals surface area contributed by atoms with E-state index in [1.54, 1.807) is 6.07 Å². The van der Waals surface area contributed by atoms with Crippen LogP contribution in [0.3, 0.4) is 0 Å². The van der Waals surface area contributed by atoms with Crippen LogP contribution in [0.5, 0.6) is 0 Å². The van der Waals surface area contributed by atoms with Gasteiger partial charge in [-0.15, -0.1) is 12.6 Å². The maximum absolute atomic E-state index is 13.4. The minimum Gasteiger partial charge on any atom is -0.449 e. The Hall–Kier alpha value is -2.52. The Balaban J connectivity index is 1.23. The lowest BCUT2D eigenvalue weighted by molar-refractivity contribution is -0.197. The van der Waals surface area contributed by atoms with Gasteiger partial charge in [0.1, 0.15) is 0 Å². The molecule has 0 amide bonds. The summed E-state index contributed by atoms with van der Waals surface area (Å²) in [6.07, 6.45) is 10.7. The van der Waals surface area contributed by atoms with Gasteiger partial charge in [-0.1, -0.05) is 19.4 Å². The lowest BCUT2D eigenvalue weighted by Crippen LogP contribution is -2.62. The van der Waals surface area contributed by atoms with Gasteiger partial charge in [-0.25, -0.2) is 9.67 Å². The first-order chi connectivity index (χ1) is 18.6. The Labute approximate surface area is 232 Å². The van der Waals surface area contributed by atoms with Gasteiger partial charge in [0.2, 0.25) is 11.1 Å². The fourth-order valence-electron chi connectivity index (χ4n) is 9.01. The lowest BCUT2D eigenvalue weighted by Gasteiger charge is -2.60. The van der Waals surface area contributed by atoms with Gasteiger partial charge in [-0.3, -0.25) is 9.59 Å². The van der Waals surface area contributed by atoms with E-state index in [1.165, 1.54) is 17.8 Å². The van der Waals surface area contributed by atoms with E-state index < -0.39 is 23.1 Å². The second-order valence-corrected chi connectivity index (χ2v) is 13.4. The number of aliphatic hydroxyl groups is 1. The van der Waals surface area contributed by atoms with Gasteiger partial charge in [-0.05, 0) is 98.3 Å². The zero-order chi connectivity index (χ0) is 27.3. The number of carbonyl (C=O) groups excluding carboxylic acids is 2. The van der Waals surface area contributed by atoms with E-state index in [-0.39, 0.29) is 40.2 Å². The second-order valence-electron chi connectivity index (χ2n) is 13.0. The van der Waals surface area contributed by atoms with E-state index in [9.17, 15) is 19.1 Å². The van der Waals surface area contributed by atoms with Gasteiger partial charge < -0.3 is 9.84 Å². The molecule has 2 aromatic rings. The predicted molar refractivity (Wildman–Crippen MR) is 144 cm³/mol. The van der Waals surface area contributed by atoms with Gasteiger partial charge in [0, 0.05) is 5.41 Å². The summed E-state index contributed by atoms with van der Waals surface area (Å²) in [4.78, 5) is 29.7. The highest BCUT2D eigenvalue weighted by atomic mass is 32.1. The number of hydrogen-bond donors (Lipinski definition) is 2. The molecular weight excluding hydrogens is 517 g/mol. The first kappa shape index (κ1) is 25.4. The van der Waals surface area contributed by atoms with Crippen LogP contribution >= 0.6 is 12.6 Å². The van der Waals surface area contributed by atoms with E-state index in [0.29, 0.717) is 18.5 Å². The Morgan fingerprint density at radius 1 is 1.18 bits per heavy atom. The quantitative estimate of drug-likeness (QED) is 0.325. The van der Waals surface area contributed by atoms with Crippen molar-refractivity contribution in [3.63, 3.8) is 0 Å². The van der Waals surface area contributed by atoms with Gasteiger partial charge in [0.05, 0.1) is 35.8 Å². The van der Waals surface area contributed by atoms with Crippen LogP contribution in [0.25, 0.3) is 11.8 Å². The van der Waals surface area contributed by atoms with Gasteiger partial charge in [-0.2, -0.15) is 9.49 Å². The minimum absolute atomic E-state index is 0.0181. The molecule has 0 bridgehead atoms. The zero-order valence-corrected chi connectivity index (χ0v) is 23.2. The average molecular weight is 552 g/mol. The monoisotopic (exact) mass is 551 g/mol. The summed E-state index contributed by atoms with van der Waals surface area (Å²) in [5.41, 5.74) is 1.88. The van der Waals surface area contributed by atoms with E-state index in [1.807, 2.05) is 17.8 Å². The van der Waals surface area contributed by atoms with Crippen molar-refractivity contribution < 1.29 is 23.8 Å². The molecule has 0 radical (unpaired) electrons. The highest BCUT2D eigenvalue weighted by Gasteiger charge is 2.70. The standard InChI is InChI=1S/C30H34FN3O4S/c1-28-12-17-14-33-34(19-6-8-24(31)32-15-19)22(17)11-18(28)5-7-20-21-9-10-30(27(37)39,38-26(36)16-3-4-16)29(21,2)13-23(35)25(20)28/h6,8,11,14-16,20-21,23,25,35H,3-5,7,9-10,12-13H2,1-2H3,(H,37,39)/t20-,21?,23-,25?,28-,29-,30-/m0/s1. The van der Waals surface area contributed by atoms with E-state index in [2.05, 4.69) is 35.7 Å².